The first kappa shape index (κ1) is 18.5. The van der Waals surface area contributed by atoms with Gasteiger partial charge in [-0.25, -0.2) is 4.99 Å². The Morgan fingerprint density at radius 3 is 3.05 bits per heavy atom. The van der Waals surface area contributed by atoms with Gasteiger partial charge in [-0.1, -0.05) is 30.7 Å². The lowest BCUT2D eigenvalue weighted by Crippen LogP contribution is -2.42. The second-order valence-electron chi connectivity index (χ2n) is 5.14. The standard InChI is InChI=1S/C15H23ClN4.HI/c1-2-20-8-4-7-14(20)11-19-15(17)18-10-12-5-3-6-13(16)9-12;/h3,5-6,9,14H,2,4,7-8,10-11H2,1H3,(H3,17,18,19);1H. The second-order valence-corrected chi connectivity index (χ2v) is 5.57. The first-order chi connectivity index (χ1) is 9.69. The average molecular weight is 423 g/mol. The van der Waals surface area contributed by atoms with Gasteiger partial charge in [0.1, 0.15) is 0 Å². The number of halogens is 2. The highest BCUT2D eigenvalue weighted by atomic mass is 127. The predicted molar refractivity (Wildman–Crippen MR) is 100 cm³/mol. The molecule has 6 heteroatoms. The minimum absolute atomic E-state index is 0. The van der Waals surface area contributed by atoms with Crippen LogP contribution in [0.25, 0.3) is 0 Å². The van der Waals surface area contributed by atoms with Crippen molar-refractivity contribution >= 4 is 41.5 Å². The molecule has 0 aliphatic carbocycles. The van der Waals surface area contributed by atoms with E-state index in [1.807, 2.05) is 24.3 Å². The highest BCUT2D eigenvalue weighted by molar-refractivity contribution is 14.0. The van der Waals surface area contributed by atoms with Crippen molar-refractivity contribution in [2.45, 2.75) is 32.4 Å². The molecule has 1 aromatic carbocycles. The van der Waals surface area contributed by atoms with Crippen LogP contribution in [0.1, 0.15) is 25.3 Å². The van der Waals surface area contributed by atoms with Gasteiger partial charge in [0.05, 0.1) is 6.54 Å². The van der Waals surface area contributed by atoms with Crippen LogP contribution >= 0.6 is 35.6 Å². The van der Waals surface area contributed by atoms with Crippen LogP contribution in [-0.2, 0) is 6.54 Å². The Balaban J connectivity index is 0.00000220. The summed E-state index contributed by atoms with van der Waals surface area (Å²) in [4.78, 5) is 6.84. The van der Waals surface area contributed by atoms with Crippen molar-refractivity contribution in [1.82, 2.24) is 10.2 Å². The molecular weight excluding hydrogens is 399 g/mol. The number of aliphatic imine (C=N–C) groups is 1. The van der Waals surface area contributed by atoms with E-state index in [0.717, 1.165) is 23.7 Å². The van der Waals surface area contributed by atoms with E-state index in [9.17, 15) is 0 Å². The highest BCUT2D eigenvalue weighted by Crippen LogP contribution is 2.15. The van der Waals surface area contributed by atoms with Crippen LogP contribution in [0.15, 0.2) is 29.3 Å². The summed E-state index contributed by atoms with van der Waals surface area (Å²) in [6.07, 6.45) is 2.52. The zero-order valence-electron chi connectivity index (χ0n) is 12.4. The maximum Gasteiger partial charge on any atom is 0.188 e. The van der Waals surface area contributed by atoms with Gasteiger partial charge in [-0.3, -0.25) is 4.90 Å². The number of benzene rings is 1. The van der Waals surface area contributed by atoms with Crippen molar-refractivity contribution in [2.24, 2.45) is 10.7 Å². The van der Waals surface area contributed by atoms with Crippen molar-refractivity contribution in [2.75, 3.05) is 19.6 Å². The van der Waals surface area contributed by atoms with Gasteiger partial charge in [0.15, 0.2) is 5.96 Å². The van der Waals surface area contributed by atoms with E-state index >= 15 is 0 Å². The van der Waals surface area contributed by atoms with Crippen LogP contribution in [0.5, 0.6) is 0 Å². The number of hydrogen-bond donors (Lipinski definition) is 2. The van der Waals surface area contributed by atoms with E-state index in [-0.39, 0.29) is 24.0 Å². The highest BCUT2D eigenvalue weighted by Gasteiger charge is 2.22. The maximum absolute atomic E-state index is 5.94. The number of nitrogens with zero attached hydrogens (tertiary/aromatic N) is 2. The SMILES string of the molecule is CCN1CCCC1CNC(N)=NCc1cccc(Cl)c1.I. The summed E-state index contributed by atoms with van der Waals surface area (Å²) in [5.74, 6) is 0.507. The van der Waals surface area contributed by atoms with E-state index in [4.69, 9.17) is 17.3 Å². The Bertz CT molecular complexity index is 467. The molecule has 21 heavy (non-hydrogen) atoms. The quantitative estimate of drug-likeness (QED) is 0.436. The number of likely N-dealkylation sites (N-methyl/N-ethyl adjacent to an activating group) is 1. The molecule has 1 heterocycles. The third-order valence-electron chi connectivity index (χ3n) is 3.75. The Morgan fingerprint density at radius 1 is 1.52 bits per heavy atom. The number of rotatable bonds is 5. The molecule has 1 aliphatic heterocycles. The smallest absolute Gasteiger partial charge is 0.188 e. The molecule has 2 rings (SSSR count). The lowest BCUT2D eigenvalue weighted by atomic mass is 10.2. The number of nitrogens with one attached hydrogen (secondary N) is 1. The summed E-state index contributed by atoms with van der Waals surface area (Å²) < 4.78 is 0. The molecule has 1 unspecified atom stereocenters. The van der Waals surface area contributed by atoms with Gasteiger partial charge in [-0.05, 0) is 43.6 Å². The fraction of sp³-hybridized carbons (Fsp3) is 0.533. The molecule has 1 saturated heterocycles. The zero-order chi connectivity index (χ0) is 14.4. The van der Waals surface area contributed by atoms with E-state index in [0.29, 0.717) is 18.5 Å². The summed E-state index contributed by atoms with van der Waals surface area (Å²) in [6.45, 7) is 5.93. The fourth-order valence-electron chi connectivity index (χ4n) is 2.63. The fourth-order valence-corrected chi connectivity index (χ4v) is 2.85. The van der Waals surface area contributed by atoms with E-state index in [2.05, 4.69) is 22.1 Å². The van der Waals surface area contributed by atoms with Crippen molar-refractivity contribution in [3.8, 4) is 0 Å². The Morgan fingerprint density at radius 2 is 2.33 bits per heavy atom. The van der Waals surface area contributed by atoms with Gasteiger partial charge in [-0.2, -0.15) is 0 Å². The molecule has 1 aliphatic rings. The summed E-state index contributed by atoms with van der Waals surface area (Å²) in [7, 11) is 0. The first-order valence-corrected chi connectivity index (χ1v) is 7.59. The molecule has 0 radical (unpaired) electrons. The van der Waals surface area contributed by atoms with Crippen LogP contribution < -0.4 is 11.1 Å². The van der Waals surface area contributed by atoms with Gasteiger partial charge in [0.25, 0.3) is 0 Å². The molecule has 1 fully saturated rings. The van der Waals surface area contributed by atoms with Crippen LogP contribution in [-0.4, -0.2) is 36.5 Å². The van der Waals surface area contributed by atoms with Gasteiger partial charge >= 0.3 is 0 Å². The number of guanidine groups is 1. The van der Waals surface area contributed by atoms with E-state index in [1.165, 1.54) is 19.4 Å². The van der Waals surface area contributed by atoms with Crippen molar-refractivity contribution < 1.29 is 0 Å². The second kappa shape index (κ2) is 9.48. The van der Waals surface area contributed by atoms with Crippen LogP contribution in [0.3, 0.4) is 0 Å². The Kier molecular flexibility index (Phi) is 8.36. The third kappa shape index (κ3) is 6.00. The van der Waals surface area contributed by atoms with Crippen molar-refractivity contribution in [3.05, 3.63) is 34.9 Å². The molecule has 0 spiro atoms. The normalized spacial score (nSPS) is 19.3. The number of nitrogens with two attached hydrogens (primary N) is 1. The van der Waals surface area contributed by atoms with Crippen LogP contribution in [0.2, 0.25) is 5.02 Å². The summed E-state index contributed by atoms with van der Waals surface area (Å²) in [6, 6.07) is 8.27. The van der Waals surface area contributed by atoms with E-state index in [1.54, 1.807) is 0 Å². The summed E-state index contributed by atoms with van der Waals surface area (Å²) in [5.41, 5.74) is 6.98. The molecule has 118 valence electrons. The molecule has 4 nitrogen and oxygen atoms in total. The van der Waals surface area contributed by atoms with Gasteiger partial charge < -0.3 is 11.1 Å². The van der Waals surface area contributed by atoms with Crippen molar-refractivity contribution in [3.63, 3.8) is 0 Å². The van der Waals surface area contributed by atoms with Gasteiger partial charge in [-0.15, -0.1) is 24.0 Å². The zero-order valence-corrected chi connectivity index (χ0v) is 15.5. The molecule has 0 bridgehead atoms. The lowest BCUT2D eigenvalue weighted by molar-refractivity contribution is 0.267. The minimum atomic E-state index is 0. The topological polar surface area (TPSA) is 53.6 Å². The molecule has 1 aromatic rings. The van der Waals surface area contributed by atoms with Gasteiger partial charge in [0.2, 0.25) is 0 Å². The maximum atomic E-state index is 5.94. The largest absolute Gasteiger partial charge is 0.370 e. The Hall–Kier alpha value is -0.530. The molecule has 1 atom stereocenters. The minimum Gasteiger partial charge on any atom is -0.370 e. The van der Waals surface area contributed by atoms with Crippen LogP contribution in [0.4, 0.5) is 0 Å². The number of likely N-dealkylation sites (tertiary alicyclic amines) is 1. The average Bonchev–Trinajstić information content (AvgIpc) is 2.90. The molecule has 0 amide bonds. The predicted octanol–water partition coefficient (Wildman–Crippen LogP) is 2.85. The lowest BCUT2D eigenvalue weighted by Gasteiger charge is -2.23. The summed E-state index contributed by atoms with van der Waals surface area (Å²) >= 11 is 5.94. The molecule has 3 N–H and O–H groups in total. The molecule has 0 saturated carbocycles. The number of hydrogen-bond acceptors (Lipinski definition) is 2. The summed E-state index contributed by atoms with van der Waals surface area (Å²) in [5, 5.41) is 3.96. The van der Waals surface area contributed by atoms with Crippen LogP contribution in [0, 0.1) is 0 Å². The van der Waals surface area contributed by atoms with E-state index < -0.39 is 0 Å². The molecule has 0 aromatic heterocycles. The Labute approximate surface area is 149 Å². The third-order valence-corrected chi connectivity index (χ3v) is 3.98. The van der Waals surface area contributed by atoms with Gasteiger partial charge in [0, 0.05) is 17.6 Å². The first-order valence-electron chi connectivity index (χ1n) is 7.21. The monoisotopic (exact) mass is 422 g/mol. The van der Waals surface area contributed by atoms with Crippen molar-refractivity contribution in [1.29, 1.82) is 0 Å². The molecular formula is C15H24ClIN4.